The van der Waals surface area contributed by atoms with Gasteiger partial charge < -0.3 is 10.1 Å². The first kappa shape index (κ1) is 22.0. The standard InChI is InChI=1S/C23H18F5NO3/c1-11-6-13-10-32-22(31)23(13,8-11)9-12-2-4-14(5-3-12)29-16(30)7-15-17(24)19(26)21(28)20(27)18(15)25/h2-5,13H,1,6-10H2,(H,29,30). The Morgan fingerprint density at radius 1 is 1.03 bits per heavy atom. The van der Waals surface area contributed by atoms with Crippen molar-refractivity contribution < 1.29 is 36.3 Å². The molecule has 1 saturated heterocycles. The predicted octanol–water partition coefficient (Wildman–Crippen LogP) is 4.62. The third-order valence-electron chi connectivity index (χ3n) is 6.10. The Morgan fingerprint density at radius 3 is 2.25 bits per heavy atom. The number of hydrogen-bond acceptors (Lipinski definition) is 3. The fourth-order valence-corrected chi connectivity index (χ4v) is 4.50. The van der Waals surface area contributed by atoms with Crippen molar-refractivity contribution >= 4 is 17.6 Å². The third-order valence-corrected chi connectivity index (χ3v) is 6.10. The number of carbonyl (C=O) groups is 2. The molecule has 0 aromatic heterocycles. The van der Waals surface area contributed by atoms with Crippen molar-refractivity contribution in [2.24, 2.45) is 11.3 Å². The monoisotopic (exact) mass is 451 g/mol. The van der Waals surface area contributed by atoms with Gasteiger partial charge in [-0.3, -0.25) is 9.59 Å². The van der Waals surface area contributed by atoms with Crippen molar-refractivity contribution in [2.75, 3.05) is 11.9 Å². The van der Waals surface area contributed by atoms with Gasteiger partial charge in [0.1, 0.15) is 0 Å². The van der Waals surface area contributed by atoms with Crippen LogP contribution in [0.2, 0.25) is 0 Å². The quantitative estimate of drug-likeness (QED) is 0.237. The number of rotatable bonds is 5. The van der Waals surface area contributed by atoms with Crippen molar-refractivity contribution in [3.05, 3.63) is 76.6 Å². The molecule has 0 spiro atoms. The summed E-state index contributed by atoms with van der Waals surface area (Å²) in [6, 6.07) is 6.43. The summed E-state index contributed by atoms with van der Waals surface area (Å²) in [5.74, 6) is -11.7. The Labute approximate surface area is 180 Å². The summed E-state index contributed by atoms with van der Waals surface area (Å²) >= 11 is 0. The van der Waals surface area contributed by atoms with Gasteiger partial charge in [-0.15, -0.1) is 0 Å². The molecule has 0 bridgehead atoms. The Morgan fingerprint density at radius 2 is 1.62 bits per heavy atom. The lowest BCUT2D eigenvalue weighted by atomic mass is 9.75. The topological polar surface area (TPSA) is 55.4 Å². The molecule has 4 rings (SSSR count). The SMILES string of the molecule is C=C1CC2COC(=O)C2(Cc2ccc(NC(=O)Cc3c(F)c(F)c(F)c(F)c3F)cc2)C1. The van der Waals surface area contributed by atoms with Gasteiger partial charge in [0, 0.05) is 17.2 Å². The molecule has 1 aliphatic heterocycles. The van der Waals surface area contributed by atoms with Crippen LogP contribution in [-0.2, 0) is 27.2 Å². The number of amides is 1. The molecular formula is C23H18F5NO3. The zero-order valence-electron chi connectivity index (χ0n) is 16.7. The maximum Gasteiger partial charge on any atom is 0.313 e. The van der Waals surface area contributed by atoms with Crippen LogP contribution in [0.5, 0.6) is 0 Å². The number of fused-ring (bicyclic) bond motifs is 1. The van der Waals surface area contributed by atoms with E-state index in [2.05, 4.69) is 11.9 Å². The zero-order chi connectivity index (χ0) is 23.2. The molecule has 1 N–H and O–H groups in total. The van der Waals surface area contributed by atoms with Crippen molar-refractivity contribution in [1.29, 1.82) is 0 Å². The average Bonchev–Trinajstić information content (AvgIpc) is 3.23. The second-order valence-electron chi connectivity index (χ2n) is 8.23. The Bertz CT molecular complexity index is 1100. The molecule has 2 atom stereocenters. The van der Waals surface area contributed by atoms with E-state index in [4.69, 9.17) is 4.74 Å². The smallest absolute Gasteiger partial charge is 0.313 e. The highest BCUT2D eigenvalue weighted by Gasteiger charge is 2.55. The van der Waals surface area contributed by atoms with E-state index >= 15 is 0 Å². The number of anilines is 1. The number of esters is 1. The van der Waals surface area contributed by atoms with Gasteiger partial charge in [0.15, 0.2) is 23.3 Å². The average molecular weight is 451 g/mol. The number of halogens is 5. The highest BCUT2D eigenvalue weighted by Crippen LogP contribution is 2.52. The van der Waals surface area contributed by atoms with Crippen LogP contribution in [0.1, 0.15) is 24.0 Å². The first-order valence-electron chi connectivity index (χ1n) is 9.85. The lowest BCUT2D eigenvalue weighted by Gasteiger charge is -2.24. The van der Waals surface area contributed by atoms with E-state index in [1.54, 1.807) is 12.1 Å². The summed E-state index contributed by atoms with van der Waals surface area (Å²) < 4.78 is 72.5. The first-order chi connectivity index (χ1) is 15.1. The van der Waals surface area contributed by atoms with Gasteiger partial charge in [0.25, 0.3) is 0 Å². The van der Waals surface area contributed by atoms with E-state index < -0.39 is 52.4 Å². The summed E-state index contributed by atoms with van der Waals surface area (Å²) in [6.45, 7) is 4.36. The number of benzene rings is 2. The number of hydrogen-bond donors (Lipinski definition) is 1. The molecular weight excluding hydrogens is 433 g/mol. The van der Waals surface area contributed by atoms with Crippen molar-refractivity contribution in [2.45, 2.75) is 25.7 Å². The van der Waals surface area contributed by atoms with E-state index in [-0.39, 0.29) is 17.6 Å². The van der Waals surface area contributed by atoms with Gasteiger partial charge in [-0.05, 0) is 37.0 Å². The van der Waals surface area contributed by atoms with Gasteiger partial charge in [-0.2, -0.15) is 0 Å². The molecule has 1 aliphatic carbocycles. The molecule has 2 aliphatic rings. The summed E-state index contributed by atoms with van der Waals surface area (Å²) in [4.78, 5) is 24.5. The third kappa shape index (κ3) is 3.65. The van der Waals surface area contributed by atoms with Gasteiger partial charge in [0.2, 0.25) is 11.7 Å². The fourth-order valence-electron chi connectivity index (χ4n) is 4.50. The molecule has 1 heterocycles. The first-order valence-corrected chi connectivity index (χ1v) is 9.85. The fraction of sp³-hybridized carbons (Fsp3) is 0.304. The van der Waals surface area contributed by atoms with Crippen LogP contribution in [0.3, 0.4) is 0 Å². The molecule has 168 valence electrons. The minimum Gasteiger partial charge on any atom is -0.465 e. The molecule has 0 radical (unpaired) electrons. The molecule has 1 saturated carbocycles. The van der Waals surface area contributed by atoms with Crippen LogP contribution in [0.25, 0.3) is 0 Å². The maximum atomic E-state index is 13.8. The van der Waals surface area contributed by atoms with Gasteiger partial charge >= 0.3 is 5.97 Å². The highest BCUT2D eigenvalue weighted by molar-refractivity contribution is 5.92. The Balaban J connectivity index is 1.45. The van der Waals surface area contributed by atoms with Crippen LogP contribution < -0.4 is 5.32 Å². The molecule has 2 fully saturated rings. The van der Waals surface area contributed by atoms with E-state index in [1.165, 1.54) is 12.1 Å². The Hall–Kier alpha value is -3.23. The summed E-state index contributed by atoms with van der Waals surface area (Å²) in [7, 11) is 0. The van der Waals surface area contributed by atoms with E-state index in [1.807, 2.05) is 0 Å². The normalized spacial score (nSPS) is 22.1. The van der Waals surface area contributed by atoms with Crippen molar-refractivity contribution in [1.82, 2.24) is 0 Å². The van der Waals surface area contributed by atoms with Crippen LogP contribution in [-0.4, -0.2) is 18.5 Å². The van der Waals surface area contributed by atoms with Crippen LogP contribution in [0, 0.1) is 40.4 Å². The van der Waals surface area contributed by atoms with E-state index in [9.17, 15) is 31.5 Å². The molecule has 9 heteroatoms. The molecule has 2 aromatic carbocycles. The molecule has 1 amide bonds. The Kier molecular flexibility index (Phi) is 5.52. The molecule has 2 aromatic rings. The second-order valence-corrected chi connectivity index (χ2v) is 8.23. The highest BCUT2D eigenvalue weighted by atomic mass is 19.2. The van der Waals surface area contributed by atoms with Crippen molar-refractivity contribution in [3.8, 4) is 0 Å². The number of carbonyl (C=O) groups excluding carboxylic acids is 2. The summed E-state index contributed by atoms with van der Waals surface area (Å²) in [5, 5.41) is 2.36. The van der Waals surface area contributed by atoms with E-state index in [0.29, 0.717) is 19.4 Å². The van der Waals surface area contributed by atoms with Gasteiger partial charge in [0.05, 0.1) is 18.4 Å². The number of cyclic esters (lactones) is 1. The number of ether oxygens (including phenoxy) is 1. The predicted molar refractivity (Wildman–Crippen MR) is 104 cm³/mol. The van der Waals surface area contributed by atoms with Crippen LogP contribution in [0.15, 0.2) is 36.4 Å². The van der Waals surface area contributed by atoms with Crippen LogP contribution in [0.4, 0.5) is 27.6 Å². The van der Waals surface area contributed by atoms with E-state index in [0.717, 1.165) is 17.6 Å². The van der Waals surface area contributed by atoms with Crippen LogP contribution >= 0.6 is 0 Å². The number of nitrogens with one attached hydrogen (secondary N) is 1. The molecule has 32 heavy (non-hydrogen) atoms. The summed E-state index contributed by atoms with van der Waals surface area (Å²) in [5.41, 5.74) is 0.238. The lowest BCUT2D eigenvalue weighted by molar-refractivity contribution is -0.146. The van der Waals surface area contributed by atoms with Crippen molar-refractivity contribution in [3.63, 3.8) is 0 Å². The van der Waals surface area contributed by atoms with Gasteiger partial charge in [-0.1, -0.05) is 24.3 Å². The maximum absolute atomic E-state index is 13.8. The second kappa shape index (κ2) is 8.03. The lowest BCUT2D eigenvalue weighted by Crippen LogP contribution is -2.31. The minimum absolute atomic E-state index is 0.0724. The largest absolute Gasteiger partial charge is 0.465 e. The summed E-state index contributed by atoms with van der Waals surface area (Å²) in [6.07, 6.45) is 0.690. The zero-order valence-corrected chi connectivity index (χ0v) is 16.7. The van der Waals surface area contributed by atoms with Gasteiger partial charge in [-0.25, -0.2) is 22.0 Å². The number of allylic oxidation sites excluding steroid dienone is 1. The minimum atomic E-state index is -2.28. The molecule has 2 unspecified atom stereocenters. The molecule has 4 nitrogen and oxygen atoms in total.